The first-order valence-corrected chi connectivity index (χ1v) is 9.54. The van der Waals surface area contributed by atoms with E-state index in [2.05, 4.69) is 15.9 Å². The Morgan fingerprint density at radius 3 is 2.26 bits per heavy atom. The molecule has 1 heterocycles. The van der Waals surface area contributed by atoms with Crippen LogP contribution in [0.4, 0.5) is 4.79 Å². The summed E-state index contributed by atoms with van der Waals surface area (Å²) in [6.07, 6.45) is 0.960. The third-order valence-corrected chi connectivity index (χ3v) is 5.03. The molecule has 0 unspecified atom stereocenters. The fourth-order valence-electron chi connectivity index (χ4n) is 2.37. The molecule has 1 aromatic heterocycles. The summed E-state index contributed by atoms with van der Waals surface area (Å²) >= 11 is 3.41. The van der Waals surface area contributed by atoms with Crippen molar-refractivity contribution in [2.45, 2.75) is 65.3 Å². The number of fused-ring (bicyclic) bond motifs is 1. The second-order valence-corrected chi connectivity index (χ2v) is 9.55. The van der Waals surface area contributed by atoms with Crippen LogP contribution in [0.25, 0.3) is 10.9 Å². The van der Waals surface area contributed by atoms with Gasteiger partial charge in [-0.15, -0.1) is 0 Å². The predicted octanol–water partition coefficient (Wildman–Crippen LogP) is 3.44. The van der Waals surface area contributed by atoms with Crippen molar-refractivity contribution in [3.8, 4) is 0 Å². The molecule has 0 atom stereocenters. The average molecular weight is 440 g/mol. The van der Waals surface area contributed by atoms with Gasteiger partial charge in [0.1, 0.15) is 5.60 Å². The third-order valence-electron chi connectivity index (χ3n) is 4.53. The van der Waals surface area contributed by atoms with Gasteiger partial charge in [-0.25, -0.2) is 4.79 Å². The maximum atomic E-state index is 12.6. The van der Waals surface area contributed by atoms with Gasteiger partial charge >= 0.3 is 13.2 Å². The Morgan fingerprint density at radius 1 is 1.15 bits per heavy atom. The molecule has 0 aliphatic carbocycles. The fraction of sp³-hybridized carbons (Fsp3) is 0.526. The van der Waals surface area contributed by atoms with Crippen molar-refractivity contribution in [1.29, 1.82) is 0 Å². The fourth-order valence-corrected chi connectivity index (χ4v) is 2.72. The Morgan fingerprint density at radius 2 is 1.74 bits per heavy atom. The second-order valence-electron chi connectivity index (χ2n) is 8.64. The lowest BCUT2D eigenvalue weighted by molar-refractivity contribution is -0.0982. The maximum absolute atomic E-state index is 12.6. The lowest BCUT2D eigenvalue weighted by Crippen LogP contribution is -2.53. The molecule has 8 heteroatoms. The number of benzene rings is 1. The lowest BCUT2D eigenvalue weighted by atomic mass is 9.76. The summed E-state index contributed by atoms with van der Waals surface area (Å²) in [5.41, 5.74) is -1.86. The third kappa shape index (κ3) is 4.93. The van der Waals surface area contributed by atoms with Crippen LogP contribution in [0.15, 0.2) is 28.9 Å². The van der Waals surface area contributed by atoms with Crippen LogP contribution >= 0.6 is 15.9 Å². The Labute approximate surface area is 168 Å². The summed E-state index contributed by atoms with van der Waals surface area (Å²) < 4.78 is 13.4. The van der Waals surface area contributed by atoms with Crippen molar-refractivity contribution in [2.75, 3.05) is 0 Å². The summed E-state index contributed by atoms with van der Waals surface area (Å²) in [5, 5.41) is 21.6. The number of carbonyl (C=O) groups is 1. The molecule has 0 radical (unpaired) electrons. The zero-order valence-electron chi connectivity index (χ0n) is 16.8. The number of hydrogen-bond acceptors (Lipinski definition) is 5. The van der Waals surface area contributed by atoms with Gasteiger partial charge in [0.05, 0.1) is 16.7 Å². The van der Waals surface area contributed by atoms with E-state index in [0.717, 1.165) is 4.47 Å². The van der Waals surface area contributed by atoms with Crippen molar-refractivity contribution in [3.05, 3.63) is 28.9 Å². The molecule has 148 valence electrons. The van der Waals surface area contributed by atoms with Crippen LogP contribution in [0.5, 0.6) is 0 Å². The molecular weight excluding hydrogens is 413 g/mol. The topological polar surface area (TPSA) is 80.9 Å². The Balaban J connectivity index is 2.50. The number of aliphatic hydroxyl groups is 1. The minimum absolute atomic E-state index is 0.417. The molecule has 0 bridgehead atoms. The van der Waals surface area contributed by atoms with E-state index in [1.165, 1.54) is 10.8 Å². The van der Waals surface area contributed by atoms with Crippen LogP contribution in [0.1, 0.15) is 48.5 Å². The molecule has 2 N–H and O–H groups in total. The average Bonchev–Trinajstić information content (AvgIpc) is 2.82. The Kier molecular flexibility index (Phi) is 5.88. The van der Waals surface area contributed by atoms with E-state index >= 15 is 0 Å². The van der Waals surface area contributed by atoms with Gasteiger partial charge in [0.15, 0.2) is 0 Å². The number of halogens is 1. The predicted molar refractivity (Wildman–Crippen MR) is 110 cm³/mol. The van der Waals surface area contributed by atoms with E-state index in [-0.39, 0.29) is 0 Å². The molecule has 0 fully saturated rings. The van der Waals surface area contributed by atoms with Gasteiger partial charge < -0.3 is 19.5 Å². The molecule has 2 aromatic rings. The van der Waals surface area contributed by atoms with Crippen LogP contribution in [-0.4, -0.2) is 44.7 Å². The number of nitrogens with zero attached hydrogens (tertiary/aromatic N) is 1. The molecule has 1 aromatic carbocycles. The smallest absolute Gasteiger partial charge is 0.443 e. The number of carbonyl (C=O) groups excluding carboxylic acids is 1. The van der Waals surface area contributed by atoms with Crippen molar-refractivity contribution in [1.82, 2.24) is 4.57 Å². The maximum Gasteiger partial charge on any atom is 0.493 e. The van der Waals surface area contributed by atoms with Crippen molar-refractivity contribution in [3.63, 3.8) is 0 Å². The van der Waals surface area contributed by atoms with Gasteiger partial charge in [-0.1, -0.05) is 22.0 Å². The zero-order chi connectivity index (χ0) is 20.8. The summed E-state index contributed by atoms with van der Waals surface area (Å²) in [6, 6.07) is 5.38. The highest BCUT2D eigenvalue weighted by Crippen LogP contribution is 2.27. The quantitative estimate of drug-likeness (QED) is 0.713. The van der Waals surface area contributed by atoms with E-state index in [1.54, 1.807) is 60.6 Å². The highest BCUT2D eigenvalue weighted by atomic mass is 79.9. The minimum atomic E-state index is -1.33. The molecule has 2 rings (SSSR count). The standard InChI is InChI=1S/C19H27BBrNO5/c1-17(2,3)26-16(23)22-11-14(13-9-8-12(21)10-15(13)22)20(25)27-19(6,7)18(4,5)24/h8-11,24-25H,1-7H3. The summed E-state index contributed by atoms with van der Waals surface area (Å²) in [4.78, 5) is 12.6. The zero-order valence-corrected chi connectivity index (χ0v) is 18.4. The normalized spacial score (nSPS) is 13.1. The molecule has 0 aliphatic heterocycles. The van der Waals surface area contributed by atoms with Crippen molar-refractivity contribution in [2.24, 2.45) is 0 Å². The van der Waals surface area contributed by atoms with Gasteiger partial charge in [0.25, 0.3) is 0 Å². The van der Waals surface area contributed by atoms with Crippen LogP contribution < -0.4 is 5.46 Å². The molecule has 0 aliphatic rings. The van der Waals surface area contributed by atoms with E-state index in [4.69, 9.17) is 9.39 Å². The molecule has 0 spiro atoms. The number of aromatic nitrogens is 1. The Bertz CT molecular complexity index is 848. The Hall–Kier alpha value is -1.35. The van der Waals surface area contributed by atoms with E-state index in [0.29, 0.717) is 16.4 Å². The molecule has 6 nitrogen and oxygen atoms in total. The first-order chi connectivity index (χ1) is 12.1. The highest BCUT2D eigenvalue weighted by Gasteiger charge is 2.40. The van der Waals surface area contributed by atoms with Gasteiger partial charge in [0.2, 0.25) is 0 Å². The van der Waals surface area contributed by atoms with E-state index in [1.807, 2.05) is 6.07 Å². The van der Waals surface area contributed by atoms with Crippen LogP contribution in [0, 0.1) is 0 Å². The van der Waals surface area contributed by atoms with Crippen molar-refractivity contribution >= 4 is 45.5 Å². The van der Waals surface area contributed by atoms with Crippen LogP contribution in [-0.2, 0) is 9.39 Å². The van der Waals surface area contributed by atoms with E-state index in [9.17, 15) is 14.9 Å². The van der Waals surface area contributed by atoms with Crippen LogP contribution in [0.3, 0.4) is 0 Å². The first-order valence-electron chi connectivity index (χ1n) is 8.74. The van der Waals surface area contributed by atoms with Gasteiger partial charge in [0, 0.05) is 21.5 Å². The molecule has 0 saturated carbocycles. The second kappa shape index (κ2) is 7.24. The summed E-state index contributed by atoms with van der Waals surface area (Å²) in [5.74, 6) is 0. The van der Waals surface area contributed by atoms with Gasteiger partial charge in [-0.3, -0.25) is 4.57 Å². The minimum Gasteiger partial charge on any atom is -0.443 e. The van der Waals surface area contributed by atoms with E-state index < -0.39 is 30.0 Å². The number of rotatable bonds is 4. The summed E-state index contributed by atoms with van der Waals surface area (Å²) in [6.45, 7) is 12.0. The first kappa shape index (κ1) is 21.9. The number of ether oxygens (including phenoxy) is 1. The van der Waals surface area contributed by atoms with Crippen molar-refractivity contribution < 1.29 is 24.3 Å². The van der Waals surface area contributed by atoms with Crippen LogP contribution in [0.2, 0.25) is 0 Å². The molecule has 0 amide bonds. The number of hydrogen-bond donors (Lipinski definition) is 2. The summed E-state index contributed by atoms with van der Waals surface area (Å²) in [7, 11) is -1.33. The molecular formula is C19H27BBrNO5. The SMILES string of the molecule is CC(C)(C)OC(=O)n1cc(B(O)OC(C)(C)C(C)(C)O)c2ccc(Br)cc21. The van der Waals surface area contributed by atoms with Gasteiger partial charge in [-0.05, 0) is 60.6 Å². The molecule has 27 heavy (non-hydrogen) atoms. The highest BCUT2D eigenvalue weighted by molar-refractivity contribution is 9.10. The monoisotopic (exact) mass is 439 g/mol. The lowest BCUT2D eigenvalue weighted by Gasteiger charge is -2.38. The molecule has 0 saturated heterocycles. The largest absolute Gasteiger partial charge is 0.493 e. The van der Waals surface area contributed by atoms with Gasteiger partial charge in [-0.2, -0.15) is 0 Å².